The lowest BCUT2D eigenvalue weighted by atomic mass is 10.1. The Morgan fingerprint density at radius 1 is 1.37 bits per heavy atom. The van der Waals surface area contributed by atoms with Gasteiger partial charge in [-0.1, -0.05) is 43.0 Å². The van der Waals surface area contributed by atoms with Crippen molar-refractivity contribution in [1.82, 2.24) is 10.2 Å². The van der Waals surface area contributed by atoms with E-state index >= 15 is 0 Å². The maximum atomic E-state index is 12.6. The van der Waals surface area contributed by atoms with Gasteiger partial charge in [0.1, 0.15) is 0 Å². The number of amides is 2. The van der Waals surface area contributed by atoms with E-state index in [9.17, 15) is 9.59 Å². The third-order valence-corrected chi connectivity index (χ3v) is 7.00. The van der Waals surface area contributed by atoms with Crippen LogP contribution in [0, 0.1) is 19.8 Å². The minimum Gasteiger partial charge on any atom is -0.312 e. The molecular weight excluding hydrogens is 380 g/mol. The molecule has 2 atom stereocenters. The first kappa shape index (κ1) is 19.8. The summed E-state index contributed by atoms with van der Waals surface area (Å²) in [6.07, 6.45) is 1.26. The van der Waals surface area contributed by atoms with Crippen LogP contribution in [0.25, 0.3) is 0 Å². The van der Waals surface area contributed by atoms with Crippen LogP contribution in [0.5, 0.6) is 0 Å². The number of aromatic nitrogens is 2. The Labute approximate surface area is 167 Å². The van der Waals surface area contributed by atoms with E-state index in [1.807, 2.05) is 32.0 Å². The number of anilines is 2. The van der Waals surface area contributed by atoms with Crippen molar-refractivity contribution >= 4 is 45.7 Å². The number of nitrogens with one attached hydrogen (secondary N) is 1. The second-order valence-electron chi connectivity index (χ2n) is 6.87. The third-order valence-electron chi connectivity index (χ3n) is 4.81. The molecule has 1 aliphatic heterocycles. The quantitative estimate of drug-likeness (QED) is 0.581. The lowest BCUT2D eigenvalue weighted by Gasteiger charge is -2.17. The van der Waals surface area contributed by atoms with Crippen molar-refractivity contribution in [2.75, 3.05) is 16.8 Å². The highest BCUT2D eigenvalue weighted by Crippen LogP contribution is 2.31. The predicted molar refractivity (Wildman–Crippen MR) is 111 cm³/mol. The molecule has 144 valence electrons. The van der Waals surface area contributed by atoms with Crippen LogP contribution >= 0.6 is 23.1 Å². The number of carbonyl (C=O) groups excluding carboxylic acids is 2. The van der Waals surface area contributed by atoms with Gasteiger partial charge in [-0.05, 0) is 43.5 Å². The third kappa shape index (κ3) is 4.68. The zero-order chi connectivity index (χ0) is 19.6. The maximum absolute atomic E-state index is 12.6. The monoisotopic (exact) mass is 404 g/mol. The van der Waals surface area contributed by atoms with Crippen LogP contribution in [0.4, 0.5) is 10.8 Å². The number of benzene rings is 1. The van der Waals surface area contributed by atoms with E-state index in [4.69, 9.17) is 0 Å². The number of nitrogens with zero attached hydrogens (tertiary/aromatic N) is 3. The van der Waals surface area contributed by atoms with E-state index in [0.717, 1.165) is 22.0 Å². The van der Waals surface area contributed by atoms with E-state index in [-0.39, 0.29) is 24.2 Å². The second-order valence-corrected chi connectivity index (χ2v) is 9.54. The number of rotatable bonds is 6. The van der Waals surface area contributed by atoms with Crippen molar-refractivity contribution in [3.8, 4) is 0 Å². The Kier molecular flexibility index (Phi) is 6.16. The Morgan fingerprint density at radius 3 is 2.85 bits per heavy atom. The van der Waals surface area contributed by atoms with Crippen molar-refractivity contribution in [1.29, 1.82) is 0 Å². The number of carbonyl (C=O) groups is 2. The number of hydrogen-bond donors (Lipinski definition) is 1. The molecule has 0 unspecified atom stereocenters. The standard InChI is InChI=1S/C19H24N4O2S2/c1-5-13(4)26-19-22-21-18(27-19)20-17(25)14-9-16(24)23(10-14)15-7-6-11(2)12(3)8-15/h6-8,13-14H,5,9-10H2,1-4H3,(H,20,21,25)/t13-,14+/m1/s1. The fraction of sp³-hybridized carbons (Fsp3) is 0.474. The Balaban J connectivity index is 1.63. The molecule has 1 saturated heterocycles. The molecule has 1 fully saturated rings. The molecule has 0 aliphatic carbocycles. The van der Waals surface area contributed by atoms with Crippen molar-refractivity contribution in [3.05, 3.63) is 29.3 Å². The van der Waals surface area contributed by atoms with Gasteiger partial charge in [0.2, 0.25) is 16.9 Å². The summed E-state index contributed by atoms with van der Waals surface area (Å²) in [5.74, 6) is -0.580. The first-order valence-corrected chi connectivity index (χ1v) is 10.8. The van der Waals surface area contributed by atoms with Gasteiger partial charge in [0, 0.05) is 23.9 Å². The van der Waals surface area contributed by atoms with Gasteiger partial charge in [-0.15, -0.1) is 10.2 Å². The molecule has 2 amide bonds. The molecule has 0 saturated carbocycles. The first-order chi connectivity index (χ1) is 12.9. The summed E-state index contributed by atoms with van der Waals surface area (Å²) < 4.78 is 0.846. The predicted octanol–water partition coefficient (Wildman–Crippen LogP) is 4.04. The topological polar surface area (TPSA) is 75.2 Å². The van der Waals surface area contributed by atoms with Gasteiger partial charge in [-0.25, -0.2) is 0 Å². The van der Waals surface area contributed by atoms with Crippen molar-refractivity contribution in [3.63, 3.8) is 0 Å². The second kappa shape index (κ2) is 8.39. The molecule has 0 radical (unpaired) electrons. The maximum Gasteiger partial charge on any atom is 0.231 e. The number of hydrogen-bond acceptors (Lipinski definition) is 6. The van der Waals surface area contributed by atoms with Crippen molar-refractivity contribution in [2.45, 2.75) is 50.1 Å². The van der Waals surface area contributed by atoms with Gasteiger partial charge in [-0.2, -0.15) is 0 Å². The molecule has 1 aromatic carbocycles. The van der Waals surface area contributed by atoms with Crippen LogP contribution in [0.3, 0.4) is 0 Å². The summed E-state index contributed by atoms with van der Waals surface area (Å²) in [6.45, 7) is 8.71. The van der Waals surface area contributed by atoms with Gasteiger partial charge in [0.15, 0.2) is 4.34 Å². The first-order valence-electron chi connectivity index (χ1n) is 9.06. The molecule has 2 aromatic rings. The summed E-state index contributed by atoms with van der Waals surface area (Å²) in [5.41, 5.74) is 3.16. The molecule has 8 heteroatoms. The average molecular weight is 405 g/mol. The van der Waals surface area contributed by atoms with Gasteiger partial charge in [0.05, 0.1) is 5.92 Å². The fourth-order valence-electron chi connectivity index (χ4n) is 2.80. The molecule has 0 spiro atoms. The Morgan fingerprint density at radius 2 is 2.15 bits per heavy atom. The summed E-state index contributed by atoms with van der Waals surface area (Å²) in [5, 5.41) is 11.9. The lowest BCUT2D eigenvalue weighted by molar-refractivity contribution is -0.122. The summed E-state index contributed by atoms with van der Waals surface area (Å²) >= 11 is 3.03. The van der Waals surface area contributed by atoms with Crippen LogP contribution in [0.15, 0.2) is 22.5 Å². The minimum atomic E-state index is -0.381. The zero-order valence-corrected chi connectivity index (χ0v) is 17.6. The summed E-state index contributed by atoms with van der Waals surface area (Å²) in [6, 6.07) is 5.93. The van der Waals surface area contributed by atoms with Crippen LogP contribution in [0.1, 0.15) is 37.8 Å². The van der Waals surface area contributed by atoms with E-state index in [2.05, 4.69) is 29.4 Å². The molecule has 2 heterocycles. The highest BCUT2D eigenvalue weighted by molar-refractivity contribution is 8.01. The van der Waals surface area contributed by atoms with Crippen LogP contribution in [-0.4, -0.2) is 33.8 Å². The molecular formula is C19H24N4O2S2. The SMILES string of the molecule is CC[C@@H](C)Sc1nnc(NC(=O)[C@H]2CC(=O)N(c3ccc(C)c(C)c3)C2)s1. The largest absolute Gasteiger partial charge is 0.312 e. The average Bonchev–Trinajstić information content (AvgIpc) is 3.23. The van der Waals surface area contributed by atoms with Gasteiger partial charge >= 0.3 is 0 Å². The smallest absolute Gasteiger partial charge is 0.231 e. The Hall–Kier alpha value is -1.93. The number of thioether (sulfide) groups is 1. The Bertz CT molecular complexity index is 852. The molecule has 3 rings (SSSR count). The molecule has 1 aromatic heterocycles. The van der Waals surface area contributed by atoms with Crippen LogP contribution in [0.2, 0.25) is 0 Å². The van der Waals surface area contributed by atoms with E-state index in [1.54, 1.807) is 16.7 Å². The lowest BCUT2D eigenvalue weighted by Crippen LogP contribution is -2.28. The fourth-order valence-corrected chi connectivity index (χ4v) is 4.80. The van der Waals surface area contributed by atoms with Gasteiger partial charge < -0.3 is 10.2 Å². The molecule has 1 aliphatic rings. The minimum absolute atomic E-state index is 0.0244. The van der Waals surface area contributed by atoms with Gasteiger partial charge in [0.25, 0.3) is 0 Å². The molecule has 27 heavy (non-hydrogen) atoms. The van der Waals surface area contributed by atoms with Crippen LogP contribution < -0.4 is 10.2 Å². The zero-order valence-electron chi connectivity index (χ0n) is 16.0. The normalized spacial score (nSPS) is 18.0. The van der Waals surface area contributed by atoms with E-state index in [1.165, 1.54) is 16.9 Å². The summed E-state index contributed by atoms with van der Waals surface area (Å²) in [7, 11) is 0. The van der Waals surface area contributed by atoms with Crippen molar-refractivity contribution in [2.24, 2.45) is 5.92 Å². The van der Waals surface area contributed by atoms with E-state index < -0.39 is 0 Å². The number of aryl methyl sites for hydroxylation is 2. The van der Waals surface area contributed by atoms with Crippen LogP contribution in [-0.2, 0) is 9.59 Å². The molecule has 0 bridgehead atoms. The highest BCUT2D eigenvalue weighted by atomic mass is 32.2. The molecule has 6 nitrogen and oxygen atoms in total. The molecule has 1 N–H and O–H groups in total. The van der Waals surface area contributed by atoms with Gasteiger partial charge in [-0.3, -0.25) is 9.59 Å². The van der Waals surface area contributed by atoms with E-state index in [0.29, 0.717) is 16.9 Å². The van der Waals surface area contributed by atoms with Crippen molar-refractivity contribution < 1.29 is 9.59 Å². The highest BCUT2D eigenvalue weighted by Gasteiger charge is 2.35. The summed E-state index contributed by atoms with van der Waals surface area (Å²) in [4.78, 5) is 26.7.